The molecule has 1 aliphatic heterocycles. The van der Waals surface area contributed by atoms with Gasteiger partial charge < -0.3 is 10.6 Å². The summed E-state index contributed by atoms with van der Waals surface area (Å²) < 4.78 is 0. The maximum atomic E-state index is 9.42. The first-order valence-electron chi connectivity index (χ1n) is 7.45. The Labute approximate surface area is 138 Å². The third-order valence-corrected chi connectivity index (χ3v) is 3.46. The first-order valence-corrected chi connectivity index (χ1v) is 7.45. The minimum absolute atomic E-state index is 0.0119. The molecule has 0 aromatic heterocycles. The van der Waals surface area contributed by atoms with E-state index in [1.807, 2.05) is 47.4 Å². The third kappa shape index (κ3) is 3.45. The predicted molar refractivity (Wildman–Crippen MR) is 93.9 cm³/mol. The number of nitrogens with one attached hydrogen (secondary N) is 4. The van der Waals surface area contributed by atoms with Crippen LogP contribution in [0.1, 0.15) is 0 Å². The fraction of sp³-hybridized carbons (Fsp3) is 0.125. The summed E-state index contributed by atoms with van der Waals surface area (Å²) in [6, 6.07) is 14.8. The van der Waals surface area contributed by atoms with Crippen LogP contribution in [0.4, 0.5) is 22.7 Å². The number of fused-ring (bicyclic) bond motifs is 2. The molecule has 0 spiro atoms. The molecular formula is C16H18N6O2. The Bertz CT molecular complexity index is 709. The van der Waals surface area contributed by atoms with Crippen molar-refractivity contribution < 1.29 is 10.4 Å². The predicted octanol–water partition coefficient (Wildman–Crippen LogP) is 2.24. The van der Waals surface area contributed by atoms with Crippen LogP contribution < -0.4 is 21.6 Å². The molecule has 1 heterocycles. The molecule has 1 aliphatic rings. The van der Waals surface area contributed by atoms with E-state index in [2.05, 4.69) is 20.6 Å². The molecule has 6 N–H and O–H groups in total. The second-order valence-corrected chi connectivity index (χ2v) is 5.03. The number of benzene rings is 2. The zero-order valence-electron chi connectivity index (χ0n) is 12.8. The highest BCUT2D eigenvalue weighted by Gasteiger charge is 2.12. The van der Waals surface area contributed by atoms with Crippen molar-refractivity contribution in [2.75, 3.05) is 23.7 Å². The van der Waals surface area contributed by atoms with E-state index >= 15 is 0 Å². The highest BCUT2D eigenvalue weighted by Crippen LogP contribution is 2.27. The van der Waals surface area contributed by atoms with E-state index in [0.717, 1.165) is 11.4 Å². The van der Waals surface area contributed by atoms with Gasteiger partial charge in [0, 0.05) is 13.1 Å². The second-order valence-electron chi connectivity index (χ2n) is 5.03. The largest absolute Gasteiger partial charge is 0.382 e. The molecule has 8 nitrogen and oxygen atoms in total. The van der Waals surface area contributed by atoms with Crippen molar-refractivity contribution in [2.24, 2.45) is 9.98 Å². The van der Waals surface area contributed by atoms with E-state index in [4.69, 9.17) is 0 Å². The SMILES string of the molecule is ONC1=Nc2ccccc2NCCNc2ccccc2N=C1NO. The number of para-hydroxylation sites is 4. The zero-order chi connectivity index (χ0) is 16.8. The molecule has 2 aromatic rings. The molecule has 0 aliphatic carbocycles. The van der Waals surface area contributed by atoms with Crippen LogP contribution in [0.5, 0.6) is 0 Å². The van der Waals surface area contributed by atoms with Crippen LogP contribution in [0, 0.1) is 0 Å². The van der Waals surface area contributed by atoms with Crippen molar-refractivity contribution in [3.05, 3.63) is 48.5 Å². The topological polar surface area (TPSA) is 113 Å². The number of hydrogen-bond acceptors (Lipinski definition) is 8. The molecule has 3 rings (SSSR count). The first-order chi connectivity index (χ1) is 11.8. The Morgan fingerprint density at radius 2 is 1.12 bits per heavy atom. The van der Waals surface area contributed by atoms with E-state index in [9.17, 15) is 10.4 Å². The summed E-state index contributed by atoms with van der Waals surface area (Å²) in [6.07, 6.45) is 0. The summed E-state index contributed by atoms with van der Waals surface area (Å²) in [4.78, 5) is 8.67. The van der Waals surface area contributed by atoms with Crippen molar-refractivity contribution in [1.82, 2.24) is 11.0 Å². The number of anilines is 2. The van der Waals surface area contributed by atoms with Gasteiger partial charge in [0.25, 0.3) is 0 Å². The third-order valence-electron chi connectivity index (χ3n) is 3.46. The molecule has 0 unspecified atom stereocenters. The summed E-state index contributed by atoms with van der Waals surface area (Å²) in [5, 5.41) is 25.4. The fourth-order valence-corrected chi connectivity index (χ4v) is 2.34. The second kappa shape index (κ2) is 7.44. The van der Waals surface area contributed by atoms with Gasteiger partial charge in [-0.15, -0.1) is 0 Å². The van der Waals surface area contributed by atoms with Gasteiger partial charge in [0.1, 0.15) is 0 Å². The average Bonchev–Trinajstić information content (AvgIpc) is 2.62. The molecule has 0 bridgehead atoms. The van der Waals surface area contributed by atoms with E-state index in [-0.39, 0.29) is 11.7 Å². The molecule has 0 saturated heterocycles. The van der Waals surface area contributed by atoms with Crippen molar-refractivity contribution in [1.29, 1.82) is 0 Å². The molecule has 8 heteroatoms. The maximum absolute atomic E-state index is 9.42. The van der Waals surface area contributed by atoms with E-state index < -0.39 is 0 Å². The lowest BCUT2D eigenvalue weighted by Gasteiger charge is -2.15. The van der Waals surface area contributed by atoms with Crippen LogP contribution in [0.25, 0.3) is 0 Å². The smallest absolute Gasteiger partial charge is 0.195 e. The Morgan fingerprint density at radius 1 is 0.708 bits per heavy atom. The van der Waals surface area contributed by atoms with Gasteiger partial charge in [-0.3, -0.25) is 10.4 Å². The van der Waals surface area contributed by atoms with Crippen LogP contribution in [0.2, 0.25) is 0 Å². The van der Waals surface area contributed by atoms with Gasteiger partial charge in [-0.25, -0.2) is 20.9 Å². The number of amidine groups is 2. The van der Waals surface area contributed by atoms with Gasteiger partial charge in [0.15, 0.2) is 11.7 Å². The van der Waals surface area contributed by atoms with Crippen LogP contribution in [0.15, 0.2) is 58.5 Å². The minimum Gasteiger partial charge on any atom is -0.382 e. The van der Waals surface area contributed by atoms with Crippen LogP contribution >= 0.6 is 0 Å². The van der Waals surface area contributed by atoms with E-state index in [0.29, 0.717) is 24.5 Å². The Kier molecular flexibility index (Phi) is 4.90. The number of aliphatic imine (C=N–C) groups is 2. The van der Waals surface area contributed by atoms with Gasteiger partial charge in [-0.1, -0.05) is 24.3 Å². The zero-order valence-corrected chi connectivity index (χ0v) is 12.8. The average molecular weight is 326 g/mol. The van der Waals surface area contributed by atoms with Crippen LogP contribution in [0.3, 0.4) is 0 Å². The van der Waals surface area contributed by atoms with Crippen LogP contribution in [-0.2, 0) is 0 Å². The highest BCUT2D eigenvalue weighted by atomic mass is 16.5. The molecule has 0 fully saturated rings. The summed E-state index contributed by atoms with van der Waals surface area (Å²) in [5.74, 6) is -0.0238. The van der Waals surface area contributed by atoms with E-state index in [1.54, 1.807) is 12.1 Å². The van der Waals surface area contributed by atoms with Gasteiger partial charge >= 0.3 is 0 Å². The quantitative estimate of drug-likeness (QED) is 0.414. The summed E-state index contributed by atoms with van der Waals surface area (Å²) in [7, 11) is 0. The lowest BCUT2D eigenvalue weighted by molar-refractivity contribution is 0.223. The monoisotopic (exact) mass is 326 g/mol. The lowest BCUT2D eigenvalue weighted by Crippen LogP contribution is -2.37. The van der Waals surface area contributed by atoms with Crippen molar-refractivity contribution >= 4 is 34.4 Å². The molecule has 2 aromatic carbocycles. The molecule has 0 amide bonds. The standard InChI is InChI=1S/C16H18N6O2/c23-21-15-16(22-24)20-14-8-4-2-6-12(14)18-10-9-17-11-5-1-3-7-13(11)19-15/h1-8,17-18,23-24H,9-10H2,(H,19,21)(H,20,22). The number of rotatable bonds is 0. The normalized spacial score (nSPS) is 14.2. The molecule has 24 heavy (non-hydrogen) atoms. The van der Waals surface area contributed by atoms with Gasteiger partial charge in [-0.05, 0) is 24.3 Å². The summed E-state index contributed by atoms with van der Waals surface area (Å²) in [5.41, 5.74) is 6.77. The number of hydrogen-bond donors (Lipinski definition) is 6. The van der Waals surface area contributed by atoms with Gasteiger partial charge in [0.05, 0.1) is 22.7 Å². The number of hydroxylamine groups is 2. The fourth-order valence-electron chi connectivity index (χ4n) is 2.34. The highest BCUT2D eigenvalue weighted by molar-refractivity contribution is 6.40. The maximum Gasteiger partial charge on any atom is 0.195 e. The molecule has 0 atom stereocenters. The Balaban J connectivity index is 2.12. The number of nitrogens with zero attached hydrogens (tertiary/aromatic N) is 2. The van der Waals surface area contributed by atoms with Crippen LogP contribution in [-0.4, -0.2) is 35.2 Å². The van der Waals surface area contributed by atoms with E-state index in [1.165, 1.54) is 0 Å². The van der Waals surface area contributed by atoms with Crippen molar-refractivity contribution in [3.8, 4) is 0 Å². The van der Waals surface area contributed by atoms with Gasteiger partial charge in [0.2, 0.25) is 0 Å². The lowest BCUT2D eigenvalue weighted by atomic mass is 10.2. The van der Waals surface area contributed by atoms with Crippen molar-refractivity contribution in [2.45, 2.75) is 0 Å². The Morgan fingerprint density at radius 3 is 1.54 bits per heavy atom. The first kappa shape index (κ1) is 15.8. The molecule has 0 saturated carbocycles. The van der Waals surface area contributed by atoms with Crippen molar-refractivity contribution in [3.63, 3.8) is 0 Å². The minimum atomic E-state index is -0.0119. The summed E-state index contributed by atoms with van der Waals surface area (Å²) in [6.45, 7) is 1.36. The summed E-state index contributed by atoms with van der Waals surface area (Å²) >= 11 is 0. The molecule has 124 valence electrons. The molecule has 0 radical (unpaired) electrons. The Hall–Kier alpha value is -3.10. The van der Waals surface area contributed by atoms with Gasteiger partial charge in [-0.2, -0.15) is 0 Å². The molecular weight excluding hydrogens is 308 g/mol.